The zero-order valence-electron chi connectivity index (χ0n) is 19.3. The molecule has 1 aliphatic heterocycles. The molecule has 0 aromatic heterocycles. The number of anilines is 1. The van der Waals surface area contributed by atoms with E-state index in [1.807, 2.05) is 32.0 Å². The molecule has 2 rings (SSSR count). The Labute approximate surface area is 205 Å². The molecule has 0 amide bonds. The quantitative estimate of drug-likeness (QED) is 0.280. The Morgan fingerprint density at radius 2 is 1.77 bits per heavy atom. The molecule has 0 spiro atoms. The van der Waals surface area contributed by atoms with E-state index in [1.165, 1.54) is 5.69 Å². The van der Waals surface area contributed by atoms with E-state index in [4.69, 9.17) is 4.74 Å². The molecule has 1 aromatic rings. The summed E-state index contributed by atoms with van der Waals surface area (Å²) in [5, 5.41) is 3.44. The van der Waals surface area contributed by atoms with Crippen LogP contribution in [0.1, 0.15) is 20.8 Å². The van der Waals surface area contributed by atoms with Crippen LogP contribution in [-0.2, 0) is 14.8 Å². The summed E-state index contributed by atoms with van der Waals surface area (Å²) in [6, 6.07) is 10.5. The highest BCUT2D eigenvalue weighted by Crippen LogP contribution is 2.14. The van der Waals surface area contributed by atoms with Gasteiger partial charge in [-0.2, -0.15) is 4.31 Å². The molecule has 0 saturated carbocycles. The molecule has 1 fully saturated rings. The van der Waals surface area contributed by atoms with Crippen LogP contribution >= 0.6 is 24.0 Å². The molecule has 0 radical (unpaired) electrons. The summed E-state index contributed by atoms with van der Waals surface area (Å²) in [4.78, 5) is 8.74. The fraction of sp³-hybridized carbons (Fsp3) is 0.667. The van der Waals surface area contributed by atoms with Crippen LogP contribution in [0.3, 0.4) is 0 Å². The third-order valence-corrected chi connectivity index (χ3v) is 7.15. The van der Waals surface area contributed by atoms with Gasteiger partial charge in [0.2, 0.25) is 10.0 Å². The number of nitrogens with one attached hydrogen (secondary N) is 1. The maximum Gasteiger partial charge on any atom is 0.216 e. The molecule has 8 nitrogen and oxygen atoms in total. The standard InChI is InChI=1S/C21H37N5O3S.HI/c1-18(2)29-15-16-30(27,28)26-13-11-25(12-14-26)21(22-4)23-17-19(3)24(5)20-9-7-6-8-10-20;/h6-10,18-19H,11-17H2,1-5H3,(H,22,23);1H. The molecule has 1 saturated heterocycles. The normalized spacial score (nSPS) is 16.7. The van der Waals surface area contributed by atoms with Crippen molar-refractivity contribution in [3.8, 4) is 0 Å². The fourth-order valence-electron chi connectivity index (χ4n) is 3.32. The monoisotopic (exact) mass is 567 g/mol. The van der Waals surface area contributed by atoms with Crippen molar-refractivity contribution in [3.63, 3.8) is 0 Å². The summed E-state index contributed by atoms with van der Waals surface area (Å²) >= 11 is 0. The first kappa shape index (κ1) is 27.9. The Morgan fingerprint density at radius 3 is 2.32 bits per heavy atom. The molecule has 1 atom stereocenters. The van der Waals surface area contributed by atoms with Gasteiger partial charge in [-0.1, -0.05) is 18.2 Å². The van der Waals surface area contributed by atoms with Crippen molar-refractivity contribution < 1.29 is 13.2 Å². The number of hydrogen-bond acceptors (Lipinski definition) is 5. The lowest BCUT2D eigenvalue weighted by molar-refractivity contribution is 0.0904. The Bertz CT molecular complexity index is 768. The topological polar surface area (TPSA) is 77.5 Å². The van der Waals surface area contributed by atoms with E-state index in [-0.39, 0.29) is 48.5 Å². The van der Waals surface area contributed by atoms with Crippen molar-refractivity contribution in [1.29, 1.82) is 0 Å². The lowest BCUT2D eigenvalue weighted by Gasteiger charge is -2.36. The number of rotatable bonds is 9. The number of para-hydroxylation sites is 1. The molecule has 1 N–H and O–H groups in total. The van der Waals surface area contributed by atoms with Gasteiger partial charge in [-0.3, -0.25) is 4.99 Å². The number of halogens is 1. The van der Waals surface area contributed by atoms with Crippen LogP contribution in [0, 0.1) is 0 Å². The first-order valence-electron chi connectivity index (χ1n) is 10.6. The van der Waals surface area contributed by atoms with Crippen LogP contribution in [0.15, 0.2) is 35.3 Å². The molecule has 31 heavy (non-hydrogen) atoms. The Balaban J connectivity index is 0.00000480. The summed E-state index contributed by atoms with van der Waals surface area (Å²) < 4.78 is 32.0. The molecular weight excluding hydrogens is 529 g/mol. The molecule has 10 heteroatoms. The summed E-state index contributed by atoms with van der Waals surface area (Å²) in [5.41, 5.74) is 1.17. The van der Waals surface area contributed by atoms with E-state index in [2.05, 4.69) is 46.2 Å². The van der Waals surface area contributed by atoms with E-state index in [0.29, 0.717) is 26.2 Å². The van der Waals surface area contributed by atoms with Gasteiger partial charge in [0.1, 0.15) is 0 Å². The minimum absolute atomic E-state index is 0. The van der Waals surface area contributed by atoms with Gasteiger partial charge in [-0.15, -0.1) is 24.0 Å². The number of benzene rings is 1. The zero-order chi connectivity index (χ0) is 22.1. The van der Waals surface area contributed by atoms with Gasteiger partial charge >= 0.3 is 0 Å². The average Bonchev–Trinajstić information content (AvgIpc) is 2.74. The second kappa shape index (κ2) is 13.4. The number of hydrogen-bond donors (Lipinski definition) is 1. The lowest BCUT2D eigenvalue weighted by Crippen LogP contribution is -2.55. The van der Waals surface area contributed by atoms with E-state index in [0.717, 1.165) is 12.5 Å². The first-order chi connectivity index (χ1) is 14.2. The molecule has 0 aliphatic carbocycles. The summed E-state index contributed by atoms with van der Waals surface area (Å²) in [7, 11) is 0.557. The molecule has 178 valence electrons. The molecule has 1 aliphatic rings. The summed E-state index contributed by atoms with van der Waals surface area (Å²) in [6.45, 7) is 9.11. The maximum atomic E-state index is 12.5. The van der Waals surface area contributed by atoms with Gasteiger partial charge in [0.25, 0.3) is 0 Å². The summed E-state index contributed by atoms with van der Waals surface area (Å²) in [6.07, 6.45) is 0.0368. The van der Waals surface area contributed by atoms with Crippen molar-refractivity contribution in [2.24, 2.45) is 4.99 Å². The maximum absolute atomic E-state index is 12.5. The number of piperazine rings is 1. The minimum Gasteiger partial charge on any atom is -0.378 e. The van der Waals surface area contributed by atoms with Crippen LogP contribution in [0.25, 0.3) is 0 Å². The molecule has 1 unspecified atom stereocenters. The predicted molar refractivity (Wildman–Crippen MR) is 139 cm³/mol. The van der Waals surface area contributed by atoms with Gasteiger partial charge in [0.15, 0.2) is 5.96 Å². The van der Waals surface area contributed by atoms with Crippen molar-refractivity contribution in [1.82, 2.24) is 14.5 Å². The van der Waals surface area contributed by atoms with Crippen molar-refractivity contribution in [2.75, 3.05) is 64.1 Å². The Kier molecular flexibility index (Phi) is 12.1. The number of likely N-dealkylation sites (N-methyl/N-ethyl adjacent to an activating group) is 1. The van der Waals surface area contributed by atoms with E-state index < -0.39 is 10.0 Å². The minimum atomic E-state index is -3.29. The SMILES string of the molecule is CN=C(NCC(C)N(C)c1ccccc1)N1CCN(S(=O)(=O)CCOC(C)C)CC1.I. The highest BCUT2D eigenvalue weighted by atomic mass is 127. The first-order valence-corrected chi connectivity index (χ1v) is 12.2. The van der Waals surface area contributed by atoms with Crippen molar-refractivity contribution in [2.45, 2.75) is 32.9 Å². The van der Waals surface area contributed by atoms with Crippen LogP contribution in [0.2, 0.25) is 0 Å². The van der Waals surface area contributed by atoms with Gasteiger partial charge < -0.3 is 19.9 Å². The lowest BCUT2D eigenvalue weighted by atomic mass is 10.2. The zero-order valence-corrected chi connectivity index (χ0v) is 22.5. The number of guanidine groups is 1. The van der Waals surface area contributed by atoms with Gasteiger partial charge in [0, 0.05) is 58.5 Å². The average molecular weight is 568 g/mol. The van der Waals surface area contributed by atoms with Crippen molar-refractivity contribution >= 4 is 45.6 Å². The van der Waals surface area contributed by atoms with Crippen LogP contribution < -0.4 is 10.2 Å². The summed E-state index contributed by atoms with van der Waals surface area (Å²) in [5.74, 6) is 0.838. The van der Waals surface area contributed by atoms with Crippen molar-refractivity contribution in [3.05, 3.63) is 30.3 Å². The Morgan fingerprint density at radius 1 is 1.16 bits per heavy atom. The predicted octanol–water partition coefficient (Wildman–Crippen LogP) is 2.08. The second-order valence-corrected chi connectivity index (χ2v) is 9.93. The fourth-order valence-corrected chi connectivity index (χ4v) is 4.61. The Hall–Kier alpha value is -1.11. The molecule has 1 heterocycles. The highest BCUT2D eigenvalue weighted by molar-refractivity contribution is 14.0. The molecular formula is C21H38IN5O3S. The second-order valence-electron chi connectivity index (χ2n) is 7.85. The molecule has 0 bridgehead atoms. The number of sulfonamides is 1. The largest absolute Gasteiger partial charge is 0.378 e. The van der Waals surface area contributed by atoms with Gasteiger partial charge in [0.05, 0.1) is 18.5 Å². The van der Waals surface area contributed by atoms with Crippen LogP contribution in [-0.4, -0.2) is 94.9 Å². The number of nitrogens with zero attached hydrogens (tertiary/aromatic N) is 4. The third-order valence-electron chi connectivity index (χ3n) is 5.32. The smallest absolute Gasteiger partial charge is 0.216 e. The highest BCUT2D eigenvalue weighted by Gasteiger charge is 2.28. The number of aliphatic imine (C=N–C) groups is 1. The van der Waals surface area contributed by atoms with Crippen LogP contribution in [0.5, 0.6) is 0 Å². The van der Waals surface area contributed by atoms with E-state index in [1.54, 1.807) is 11.4 Å². The number of ether oxygens (including phenoxy) is 1. The van der Waals surface area contributed by atoms with E-state index in [9.17, 15) is 8.42 Å². The van der Waals surface area contributed by atoms with E-state index >= 15 is 0 Å². The molecule has 1 aromatic carbocycles. The van der Waals surface area contributed by atoms with Gasteiger partial charge in [-0.05, 0) is 32.9 Å². The van der Waals surface area contributed by atoms with Crippen LogP contribution in [0.4, 0.5) is 5.69 Å². The van der Waals surface area contributed by atoms with Gasteiger partial charge in [-0.25, -0.2) is 8.42 Å². The third kappa shape index (κ3) is 8.74.